The summed E-state index contributed by atoms with van der Waals surface area (Å²) in [5.41, 5.74) is 3.72. The number of rotatable bonds is 5. The number of para-hydroxylation sites is 1. The molecule has 3 aromatic rings. The van der Waals surface area contributed by atoms with E-state index < -0.39 is 0 Å². The molecule has 0 radical (unpaired) electrons. The lowest BCUT2D eigenvalue weighted by atomic mass is 10.2. The van der Waals surface area contributed by atoms with Crippen LogP contribution in [0.15, 0.2) is 35.7 Å². The summed E-state index contributed by atoms with van der Waals surface area (Å²) in [5.74, 6) is 0. The Hall–Kier alpha value is -1.65. The van der Waals surface area contributed by atoms with E-state index in [0.29, 0.717) is 0 Å². The van der Waals surface area contributed by atoms with Crippen LogP contribution in [0, 0.1) is 6.92 Å². The summed E-state index contributed by atoms with van der Waals surface area (Å²) in [4.78, 5) is 1.41. The Bertz CT molecular complexity index is 711. The average molecular weight is 285 g/mol. The van der Waals surface area contributed by atoms with Crippen LogP contribution < -0.4 is 5.32 Å². The molecule has 0 saturated heterocycles. The molecule has 3 rings (SSSR count). The van der Waals surface area contributed by atoms with Gasteiger partial charge in [0.15, 0.2) is 0 Å². The molecule has 4 heteroatoms. The van der Waals surface area contributed by atoms with Crippen molar-refractivity contribution in [3.05, 3.63) is 51.8 Å². The third-order valence-corrected chi connectivity index (χ3v) is 4.60. The molecule has 0 aliphatic rings. The molecule has 2 heterocycles. The Morgan fingerprint density at radius 3 is 2.80 bits per heavy atom. The highest BCUT2D eigenvalue weighted by Crippen LogP contribution is 2.19. The molecule has 2 aromatic heterocycles. The quantitative estimate of drug-likeness (QED) is 0.774. The second-order valence-electron chi connectivity index (χ2n) is 4.91. The largest absolute Gasteiger partial charge is 0.306 e. The van der Waals surface area contributed by atoms with Crippen molar-refractivity contribution in [3.63, 3.8) is 0 Å². The predicted octanol–water partition coefficient (Wildman–Crippen LogP) is 3.72. The van der Waals surface area contributed by atoms with Gasteiger partial charge in [0.2, 0.25) is 0 Å². The van der Waals surface area contributed by atoms with Crippen molar-refractivity contribution in [2.24, 2.45) is 0 Å². The topological polar surface area (TPSA) is 29.9 Å². The second kappa shape index (κ2) is 5.77. The van der Waals surface area contributed by atoms with Gasteiger partial charge in [-0.3, -0.25) is 4.68 Å². The molecule has 0 saturated carbocycles. The molecule has 0 atom stereocenters. The highest BCUT2D eigenvalue weighted by atomic mass is 32.1. The van der Waals surface area contributed by atoms with E-state index in [2.05, 4.69) is 59.6 Å². The lowest BCUT2D eigenvalue weighted by Gasteiger charge is -2.02. The molecular weight excluding hydrogens is 266 g/mol. The van der Waals surface area contributed by atoms with Gasteiger partial charge >= 0.3 is 0 Å². The first-order valence-electron chi connectivity index (χ1n) is 6.97. The zero-order valence-corrected chi connectivity index (χ0v) is 12.7. The summed E-state index contributed by atoms with van der Waals surface area (Å²) in [6, 6.07) is 10.6. The maximum Gasteiger partial charge on any atom is 0.0841 e. The van der Waals surface area contributed by atoms with E-state index in [1.54, 1.807) is 0 Å². The van der Waals surface area contributed by atoms with Gasteiger partial charge in [-0.1, -0.05) is 18.2 Å². The number of fused-ring (bicyclic) bond motifs is 1. The Kier molecular flexibility index (Phi) is 3.85. The Morgan fingerprint density at radius 2 is 2.05 bits per heavy atom. The Balaban J connectivity index is 1.76. The van der Waals surface area contributed by atoms with Crippen molar-refractivity contribution in [2.45, 2.75) is 33.5 Å². The number of hydrogen-bond acceptors (Lipinski definition) is 3. The molecule has 0 amide bonds. The van der Waals surface area contributed by atoms with Crippen molar-refractivity contribution < 1.29 is 0 Å². The van der Waals surface area contributed by atoms with Crippen LogP contribution in [0.25, 0.3) is 10.9 Å². The summed E-state index contributed by atoms with van der Waals surface area (Å²) in [7, 11) is 0. The van der Waals surface area contributed by atoms with Crippen molar-refractivity contribution in [1.29, 1.82) is 0 Å². The summed E-state index contributed by atoms with van der Waals surface area (Å²) < 4.78 is 2.07. The van der Waals surface area contributed by atoms with Gasteiger partial charge in [0, 0.05) is 29.9 Å². The minimum atomic E-state index is 0.810. The highest BCUT2D eigenvalue weighted by Gasteiger charge is 2.08. The van der Waals surface area contributed by atoms with Crippen LogP contribution in [0.2, 0.25) is 0 Å². The monoisotopic (exact) mass is 285 g/mol. The molecule has 3 nitrogen and oxygen atoms in total. The number of nitrogens with zero attached hydrogens (tertiary/aromatic N) is 2. The molecular formula is C16H19N3S. The molecule has 20 heavy (non-hydrogen) atoms. The van der Waals surface area contributed by atoms with Gasteiger partial charge in [0.05, 0.1) is 11.2 Å². The molecule has 104 valence electrons. The smallest absolute Gasteiger partial charge is 0.0841 e. The molecule has 0 aliphatic heterocycles. The molecule has 0 aliphatic carbocycles. The molecule has 0 bridgehead atoms. The zero-order chi connectivity index (χ0) is 13.9. The normalized spacial score (nSPS) is 11.3. The highest BCUT2D eigenvalue weighted by molar-refractivity contribution is 7.10. The minimum absolute atomic E-state index is 0.810. The maximum atomic E-state index is 4.71. The number of benzene rings is 1. The number of aryl methyl sites for hydroxylation is 2. The van der Waals surface area contributed by atoms with Gasteiger partial charge in [-0.2, -0.15) is 5.10 Å². The van der Waals surface area contributed by atoms with Gasteiger partial charge in [-0.25, -0.2) is 0 Å². The molecule has 0 unspecified atom stereocenters. The van der Waals surface area contributed by atoms with Gasteiger partial charge < -0.3 is 5.32 Å². The SMILES string of the molecule is CCn1nc(CNCc2sccc2C)c2ccccc21. The second-order valence-corrected chi connectivity index (χ2v) is 5.91. The maximum absolute atomic E-state index is 4.71. The zero-order valence-electron chi connectivity index (χ0n) is 11.9. The Labute approximate surface area is 123 Å². The van der Waals surface area contributed by atoms with Crippen molar-refractivity contribution in [2.75, 3.05) is 0 Å². The van der Waals surface area contributed by atoms with E-state index in [9.17, 15) is 0 Å². The third-order valence-electron chi connectivity index (χ3n) is 3.58. The van der Waals surface area contributed by atoms with Gasteiger partial charge in [0.1, 0.15) is 0 Å². The lowest BCUT2D eigenvalue weighted by molar-refractivity contribution is 0.633. The standard InChI is InChI=1S/C16H19N3S/c1-3-19-15-7-5-4-6-13(15)14(18-19)10-17-11-16-12(2)8-9-20-16/h4-9,17H,3,10-11H2,1-2H3. The van der Waals surface area contributed by atoms with Crippen LogP contribution >= 0.6 is 11.3 Å². The van der Waals surface area contributed by atoms with Crippen LogP contribution in [-0.2, 0) is 19.6 Å². The first-order chi connectivity index (χ1) is 9.79. The van der Waals surface area contributed by atoms with Gasteiger partial charge in [-0.05, 0) is 36.9 Å². The fourth-order valence-corrected chi connectivity index (χ4v) is 3.32. The van der Waals surface area contributed by atoms with E-state index in [-0.39, 0.29) is 0 Å². The molecule has 0 fully saturated rings. The fourth-order valence-electron chi connectivity index (χ4n) is 2.45. The first kappa shape index (κ1) is 13.3. The van der Waals surface area contributed by atoms with Crippen LogP contribution in [0.3, 0.4) is 0 Å². The van der Waals surface area contributed by atoms with Gasteiger partial charge in [0.25, 0.3) is 0 Å². The third kappa shape index (κ3) is 2.49. The van der Waals surface area contributed by atoms with E-state index in [4.69, 9.17) is 5.10 Å². The van der Waals surface area contributed by atoms with Gasteiger partial charge in [-0.15, -0.1) is 11.3 Å². The van der Waals surface area contributed by atoms with Crippen LogP contribution in [0.1, 0.15) is 23.1 Å². The van der Waals surface area contributed by atoms with Crippen molar-refractivity contribution in [3.8, 4) is 0 Å². The summed E-state index contributed by atoms with van der Waals surface area (Å²) >= 11 is 1.81. The van der Waals surface area contributed by atoms with Crippen molar-refractivity contribution in [1.82, 2.24) is 15.1 Å². The van der Waals surface area contributed by atoms with Crippen LogP contribution in [0.5, 0.6) is 0 Å². The Morgan fingerprint density at radius 1 is 1.20 bits per heavy atom. The number of hydrogen-bond donors (Lipinski definition) is 1. The molecule has 0 spiro atoms. The summed E-state index contributed by atoms with van der Waals surface area (Å²) in [6.45, 7) is 6.92. The first-order valence-corrected chi connectivity index (χ1v) is 7.85. The van der Waals surface area contributed by atoms with E-state index in [1.807, 2.05) is 11.3 Å². The van der Waals surface area contributed by atoms with Crippen LogP contribution in [-0.4, -0.2) is 9.78 Å². The van der Waals surface area contributed by atoms with E-state index >= 15 is 0 Å². The van der Waals surface area contributed by atoms with E-state index in [1.165, 1.54) is 21.3 Å². The summed E-state index contributed by atoms with van der Waals surface area (Å²) in [6.07, 6.45) is 0. The van der Waals surface area contributed by atoms with Crippen LogP contribution in [0.4, 0.5) is 0 Å². The summed E-state index contributed by atoms with van der Waals surface area (Å²) in [5, 5.41) is 11.6. The lowest BCUT2D eigenvalue weighted by Crippen LogP contribution is -2.13. The number of aromatic nitrogens is 2. The number of nitrogens with one attached hydrogen (secondary N) is 1. The predicted molar refractivity (Wildman–Crippen MR) is 85.0 cm³/mol. The molecule has 1 aromatic carbocycles. The van der Waals surface area contributed by atoms with E-state index in [0.717, 1.165) is 25.3 Å². The van der Waals surface area contributed by atoms with Crippen molar-refractivity contribution >= 4 is 22.2 Å². The fraction of sp³-hybridized carbons (Fsp3) is 0.312. The minimum Gasteiger partial charge on any atom is -0.306 e. The number of thiophene rings is 1. The average Bonchev–Trinajstić information content (AvgIpc) is 3.04. The molecule has 1 N–H and O–H groups in total.